The van der Waals surface area contributed by atoms with Gasteiger partial charge >= 0.3 is 11.9 Å². The van der Waals surface area contributed by atoms with Crippen LogP contribution in [-0.2, 0) is 9.53 Å². The maximum absolute atomic E-state index is 11.9. The number of aromatic nitrogens is 3. The van der Waals surface area contributed by atoms with Gasteiger partial charge in [-0.15, -0.1) is 0 Å². The van der Waals surface area contributed by atoms with Crippen molar-refractivity contribution in [2.75, 3.05) is 5.32 Å². The lowest BCUT2D eigenvalue weighted by molar-refractivity contribution is -0.116. The van der Waals surface area contributed by atoms with E-state index in [9.17, 15) is 14.4 Å². The highest BCUT2D eigenvalue weighted by molar-refractivity contribution is 6.33. The maximum Gasteiger partial charge on any atom is 0.343 e. The van der Waals surface area contributed by atoms with Gasteiger partial charge in [0.05, 0.1) is 27.9 Å². The number of carbonyl (C=O) groups excluding carboxylic acids is 3. The number of amides is 1. The van der Waals surface area contributed by atoms with Crippen molar-refractivity contribution >= 4 is 46.2 Å². The largest absolute Gasteiger partial charge is 0.459 e. The Morgan fingerprint density at radius 2 is 1.59 bits per heavy atom. The van der Waals surface area contributed by atoms with E-state index >= 15 is 0 Å². The lowest BCUT2D eigenvalue weighted by Gasteiger charge is -2.11. The number of benzene rings is 3. The molecule has 4 rings (SSSR count). The fraction of sp³-hybridized carbons (Fsp3) is 0.222. The van der Waals surface area contributed by atoms with Crippen LogP contribution in [-0.4, -0.2) is 39.4 Å². The van der Waals surface area contributed by atoms with Gasteiger partial charge in [-0.05, 0) is 68.8 Å². The normalized spacial score (nSPS) is 10.4. The molecule has 0 unspecified atom stereocenters. The van der Waals surface area contributed by atoms with Crippen molar-refractivity contribution in [1.29, 1.82) is 0 Å². The highest BCUT2D eigenvalue weighted by atomic mass is 35.5. The molecule has 0 saturated heterocycles. The highest BCUT2D eigenvalue weighted by Crippen LogP contribution is 2.24. The summed E-state index contributed by atoms with van der Waals surface area (Å²) >= 11 is 5.98. The summed E-state index contributed by atoms with van der Waals surface area (Å²) < 4.78 is 10.3. The Balaban J connectivity index is 0.000000206. The number of esters is 2. The van der Waals surface area contributed by atoms with Crippen molar-refractivity contribution in [1.82, 2.24) is 15.4 Å². The molecule has 37 heavy (non-hydrogen) atoms. The molecular formula is C27H27ClN4O5. The number of aromatic amines is 1. The molecule has 0 radical (unpaired) electrons. The molecule has 1 heterocycles. The van der Waals surface area contributed by atoms with Gasteiger partial charge in [0.1, 0.15) is 16.8 Å². The van der Waals surface area contributed by atoms with Crippen molar-refractivity contribution in [2.45, 2.75) is 39.7 Å². The zero-order chi connectivity index (χ0) is 26.8. The zero-order valence-electron chi connectivity index (χ0n) is 20.7. The number of rotatable bonds is 7. The maximum atomic E-state index is 11.9. The third kappa shape index (κ3) is 8.15. The Labute approximate surface area is 219 Å². The second-order valence-corrected chi connectivity index (χ2v) is 8.58. The minimum atomic E-state index is -0.433. The lowest BCUT2D eigenvalue weighted by Crippen LogP contribution is -2.14. The molecule has 192 valence electrons. The molecule has 0 fully saturated rings. The fourth-order valence-corrected chi connectivity index (χ4v) is 3.26. The molecule has 4 aromatic rings. The number of carbonyl (C=O) groups is 3. The number of ether oxygens (including phenoxy) is 2. The topological polar surface area (TPSA) is 123 Å². The van der Waals surface area contributed by atoms with E-state index in [0.29, 0.717) is 45.0 Å². The fourth-order valence-electron chi connectivity index (χ4n) is 3.09. The van der Waals surface area contributed by atoms with E-state index in [-0.39, 0.29) is 12.0 Å². The van der Waals surface area contributed by atoms with Crippen LogP contribution in [0.25, 0.3) is 11.0 Å². The van der Waals surface area contributed by atoms with Gasteiger partial charge in [0, 0.05) is 6.42 Å². The minimum Gasteiger partial charge on any atom is -0.459 e. The average Bonchev–Trinajstić information content (AvgIpc) is 3.34. The third-order valence-electron chi connectivity index (χ3n) is 4.80. The summed E-state index contributed by atoms with van der Waals surface area (Å²) in [7, 11) is 0. The summed E-state index contributed by atoms with van der Waals surface area (Å²) in [5.74, 6) is -0.453. The first kappa shape index (κ1) is 27.3. The lowest BCUT2D eigenvalue weighted by atomic mass is 10.2. The van der Waals surface area contributed by atoms with Crippen molar-refractivity contribution < 1.29 is 23.9 Å². The Hall–Kier alpha value is -4.24. The second kappa shape index (κ2) is 13.2. The van der Waals surface area contributed by atoms with E-state index in [1.807, 2.05) is 25.1 Å². The van der Waals surface area contributed by atoms with E-state index in [1.54, 1.807) is 56.3 Å². The van der Waals surface area contributed by atoms with Crippen molar-refractivity contribution in [2.24, 2.45) is 0 Å². The average molecular weight is 523 g/mol. The highest BCUT2D eigenvalue weighted by Gasteiger charge is 2.13. The van der Waals surface area contributed by atoms with E-state index in [0.717, 1.165) is 6.42 Å². The van der Waals surface area contributed by atoms with Crippen LogP contribution in [0.3, 0.4) is 0 Å². The van der Waals surface area contributed by atoms with Gasteiger partial charge in [-0.25, -0.2) is 9.59 Å². The number of nitrogens with zero attached hydrogens (tertiary/aromatic N) is 2. The molecule has 0 aliphatic rings. The van der Waals surface area contributed by atoms with Gasteiger partial charge < -0.3 is 14.8 Å². The van der Waals surface area contributed by atoms with Crippen LogP contribution in [0.5, 0.6) is 5.75 Å². The first-order chi connectivity index (χ1) is 17.8. The second-order valence-electron chi connectivity index (χ2n) is 8.18. The van der Waals surface area contributed by atoms with Gasteiger partial charge in [-0.1, -0.05) is 36.7 Å². The van der Waals surface area contributed by atoms with Crippen LogP contribution in [0.1, 0.15) is 54.3 Å². The number of hydrogen-bond acceptors (Lipinski definition) is 7. The Kier molecular flexibility index (Phi) is 9.74. The molecule has 0 aliphatic heterocycles. The number of halogens is 1. The van der Waals surface area contributed by atoms with Gasteiger partial charge in [-0.2, -0.15) is 15.4 Å². The van der Waals surface area contributed by atoms with Gasteiger partial charge in [0.25, 0.3) is 0 Å². The van der Waals surface area contributed by atoms with Crippen molar-refractivity contribution in [3.63, 3.8) is 0 Å². The number of hydrogen-bond donors (Lipinski definition) is 2. The smallest absolute Gasteiger partial charge is 0.343 e. The summed E-state index contributed by atoms with van der Waals surface area (Å²) in [5, 5.41) is 13.4. The van der Waals surface area contributed by atoms with Crippen molar-refractivity contribution in [3.8, 4) is 5.75 Å². The van der Waals surface area contributed by atoms with Crippen LogP contribution in [0.2, 0.25) is 5.02 Å². The summed E-state index contributed by atoms with van der Waals surface area (Å²) in [6, 6.07) is 18.6. The van der Waals surface area contributed by atoms with E-state index in [2.05, 4.69) is 20.7 Å². The predicted octanol–water partition coefficient (Wildman–Crippen LogP) is 5.82. The van der Waals surface area contributed by atoms with Crippen LogP contribution in [0.15, 0.2) is 66.7 Å². The standard InChI is InChI=1S/C14H18ClNO3.C13H9N3O2/c1-4-5-13(17)16-12-8-10(6-7-11(12)15)14(18)19-9(2)3;17-13(18-10-4-2-1-3-5-10)9-6-7-11-12(8-9)15-16-14-11/h6-9H,4-5H2,1-3H3,(H,16,17);1-8H,(H,14,15,16). The number of para-hydroxylation sites is 1. The first-order valence-electron chi connectivity index (χ1n) is 11.6. The molecule has 0 atom stereocenters. The number of fused-ring (bicyclic) bond motifs is 1. The van der Waals surface area contributed by atoms with Gasteiger partial charge in [-0.3, -0.25) is 4.79 Å². The summed E-state index contributed by atoms with van der Waals surface area (Å²) in [5.41, 5.74) is 2.59. The molecule has 1 aromatic heterocycles. The van der Waals surface area contributed by atoms with Crippen LogP contribution in [0.4, 0.5) is 5.69 Å². The Bertz CT molecular complexity index is 1370. The van der Waals surface area contributed by atoms with Crippen molar-refractivity contribution in [3.05, 3.63) is 82.9 Å². The molecule has 0 aliphatic carbocycles. The molecule has 3 aromatic carbocycles. The molecular weight excluding hydrogens is 496 g/mol. The molecule has 2 N–H and O–H groups in total. The Morgan fingerprint density at radius 1 is 0.919 bits per heavy atom. The number of H-pyrrole nitrogens is 1. The van der Waals surface area contributed by atoms with Crippen LogP contribution < -0.4 is 10.1 Å². The summed E-state index contributed by atoms with van der Waals surface area (Å²) in [4.78, 5) is 35.2. The molecule has 9 nitrogen and oxygen atoms in total. The van der Waals surface area contributed by atoms with Gasteiger partial charge in [0.15, 0.2) is 0 Å². The quantitative estimate of drug-likeness (QED) is 0.231. The minimum absolute atomic E-state index is 0.126. The van der Waals surface area contributed by atoms with Crippen LogP contribution >= 0.6 is 11.6 Å². The molecule has 0 saturated carbocycles. The monoisotopic (exact) mass is 522 g/mol. The zero-order valence-corrected chi connectivity index (χ0v) is 21.4. The number of nitrogens with one attached hydrogen (secondary N) is 2. The third-order valence-corrected chi connectivity index (χ3v) is 5.13. The van der Waals surface area contributed by atoms with Gasteiger partial charge in [0.2, 0.25) is 5.91 Å². The van der Waals surface area contributed by atoms with Crippen LogP contribution in [0, 0.1) is 0 Å². The molecule has 0 spiro atoms. The number of anilines is 1. The first-order valence-corrected chi connectivity index (χ1v) is 12.0. The Morgan fingerprint density at radius 3 is 2.30 bits per heavy atom. The summed E-state index contributed by atoms with van der Waals surface area (Å²) in [6.07, 6.45) is 0.969. The van der Waals surface area contributed by atoms with E-state index < -0.39 is 11.9 Å². The van der Waals surface area contributed by atoms with E-state index in [4.69, 9.17) is 21.1 Å². The molecule has 1 amide bonds. The summed E-state index contributed by atoms with van der Waals surface area (Å²) in [6.45, 7) is 5.47. The predicted molar refractivity (Wildman–Crippen MR) is 141 cm³/mol. The molecule has 10 heteroatoms. The van der Waals surface area contributed by atoms with E-state index in [1.165, 1.54) is 6.07 Å². The SMILES string of the molecule is CCCC(=O)Nc1cc(C(=O)OC(C)C)ccc1Cl.O=C(Oc1ccccc1)c1ccc2n[nH]nc2c1. The molecule has 0 bridgehead atoms.